The fourth-order valence-electron chi connectivity index (χ4n) is 4.16. The quantitative estimate of drug-likeness (QED) is 0.528. The number of esters is 1. The van der Waals surface area contributed by atoms with E-state index in [0.717, 1.165) is 23.6 Å². The maximum absolute atomic E-state index is 13.0. The Kier molecular flexibility index (Phi) is 6.83. The molecular weight excluding hydrogens is 444 g/mol. The molecule has 1 saturated heterocycles. The van der Waals surface area contributed by atoms with Crippen LogP contribution in [0.5, 0.6) is 0 Å². The van der Waals surface area contributed by atoms with Crippen molar-refractivity contribution >= 4 is 45.2 Å². The van der Waals surface area contributed by atoms with Crippen LogP contribution in [0.4, 0.5) is 0 Å². The first-order chi connectivity index (χ1) is 15.9. The lowest BCUT2D eigenvalue weighted by atomic mass is 10.1. The van der Waals surface area contributed by atoms with Gasteiger partial charge in [-0.2, -0.15) is 9.61 Å². The minimum atomic E-state index is -0.643. The summed E-state index contributed by atoms with van der Waals surface area (Å²) in [6.07, 6.45) is 1.86. The van der Waals surface area contributed by atoms with Crippen LogP contribution in [0.2, 0.25) is 0 Å². The molecule has 0 bridgehead atoms. The molecule has 33 heavy (non-hydrogen) atoms. The number of aromatic amines is 1. The fraction of sp³-hybridized carbons (Fsp3) is 0.435. The van der Waals surface area contributed by atoms with E-state index in [9.17, 15) is 19.2 Å². The van der Waals surface area contributed by atoms with E-state index < -0.39 is 12.0 Å². The summed E-state index contributed by atoms with van der Waals surface area (Å²) < 4.78 is 6.76. The monoisotopic (exact) mass is 470 g/mol. The van der Waals surface area contributed by atoms with Gasteiger partial charge in [-0.3, -0.25) is 9.59 Å². The highest BCUT2D eigenvalue weighted by Crippen LogP contribution is 2.25. The summed E-state index contributed by atoms with van der Waals surface area (Å²) in [5, 5.41) is 5.08. The number of rotatable bonds is 7. The van der Waals surface area contributed by atoms with Gasteiger partial charge in [0.25, 0.3) is 0 Å². The Balaban J connectivity index is 1.46. The lowest BCUT2D eigenvalue weighted by Crippen LogP contribution is -2.44. The highest BCUT2D eigenvalue weighted by Gasteiger charge is 2.37. The number of carbonyl (C=O) groups excluding carboxylic acids is 3. The number of hydrogen-bond acceptors (Lipinski definition) is 7. The largest absolute Gasteiger partial charge is 0.458 e. The molecule has 0 saturated carbocycles. The van der Waals surface area contributed by atoms with Crippen molar-refractivity contribution < 1.29 is 19.1 Å². The summed E-state index contributed by atoms with van der Waals surface area (Å²) in [7, 11) is 0. The zero-order chi connectivity index (χ0) is 23.5. The molecule has 3 heterocycles. The second-order valence-corrected chi connectivity index (χ2v) is 9.31. The number of ether oxygens (including phenoxy) is 1. The van der Waals surface area contributed by atoms with E-state index in [2.05, 4.69) is 10.1 Å². The molecule has 1 aromatic carbocycles. The predicted molar refractivity (Wildman–Crippen MR) is 125 cm³/mol. The zero-order valence-corrected chi connectivity index (χ0v) is 19.4. The van der Waals surface area contributed by atoms with Gasteiger partial charge in [0.15, 0.2) is 5.12 Å². The molecule has 0 spiro atoms. The second-order valence-electron chi connectivity index (χ2n) is 8.11. The summed E-state index contributed by atoms with van der Waals surface area (Å²) in [6, 6.07) is 8.49. The van der Waals surface area contributed by atoms with Gasteiger partial charge in [-0.15, -0.1) is 0 Å². The average Bonchev–Trinajstić information content (AvgIpc) is 3.46. The van der Waals surface area contributed by atoms with Crippen LogP contribution in [-0.2, 0) is 25.7 Å². The number of fused-ring (bicyclic) bond motifs is 3. The Labute approximate surface area is 194 Å². The van der Waals surface area contributed by atoms with Gasteiger partial charge in [0.1, 0.15) is 18.3 Å². The fourth-order valence-corrected chi connectivity index (χ4v) is 4.98. The number of para-hydroxylation sites is 1. The Morgan fingerprint density at radius 3 is 2.85 bits per heavy atom. The molecule has 1 aliphatic rings. The lowest BCUT2D eigenvalue weighted by Gasteiger charge is -2.27. The van der Waals surface area contributed by atoms with E-state index >= 15 is 0 Å². The third-order valence-electron chi connectivity index (χ3n) is 5.90. The highest BCUT2D eigenvalue weighted by molar-refractivity contribution is 8.13. The van der Waals surface area contributed by atoms with Gasteiger partial charge in [0.2, 0.25) is 5.91 Å². The van der Waals surface area contributed by atoms with E-state index in [1.165, 1.54) is 11.4 Å². The number of carbonyl (C=O) groups is 3. The van der Waals surface area contributed by atoms with Gasteiger partial charge < -0.3 is 14.6 Å². The Morgan fingerprint density at radius 2 is 2.09 bits per heavy atom. The summed E-state index contributed by atoms with van der Waals surface area (Å²) in [6.45, 7) is 3.79. The molecule has 9 nitrogen and oxygen atoms in total. The molecule has 1 amide bonds. The minimum absolute atomic E-state index is 0.0299. The second kappa shape index (κ2) is 9.78. The first kappa shape index (κ1) is 23.0. The third-order valence-corrected chi connectivity index (χ3v) is 6.87. The van der Waals surface area contributed by atoms with E-state index in [-0.39, 0.29) is 29.2 Å². The van der Waals surface area contributed by atoms with Crippen molar-refractivity contribution in [3.63, 3.8) is 0 Å². The number of likely N-dealkylation sites (tertiary alicyclic amines) is 1. The van der Waals surface area contributed by atoms with E-state index in [4.69, 9.17) is 4.74 Å². The van der Waals surface area contributed by atoms with Crippen molar-refractivity contribution in [2.24, 2.45) is 5.92 Å². The number of hydrogen-bond donors (Lipinski definition) is 1. The number of thioether (sulfide) groups is 1. The zero-order valence-electron chi connectivity index (χ0n) is 18.6. The topological polar surface area (TPSA) is 114 Å². The van der Waals surface area contributed by atoms with Crippen molar-refractivity contribution in [2.75, 3.05) is 12.3 Å². The maximum atomic E-state index is 13.0. The van der Waals surface area contributed by atoms with E-state index in [1.807, 2.05) is 31.2 Å². The molecule has 2 atom stereocenters. The Bertz CT molecular complexity index is 1270. The normalized spacial score (nSPS) is 16.9. The van der Waals surface area contributed by atoms with Crippen molar-refractivity contribution in [2.45, 2.75) is 45.8 Å². The van der Waals surface area contributed by atoms with Crippen LogP contribution in [0.3, 0.4) is 0 Å². The molecular formula is C23H26N4O5S. The average molecular weight is 471 g/mol. The Morgan fingerprint density at radius 1 is 1.30 bits per heavy atom. The number of H-pyrrole nitrogens is 1. The van der Waals surface area contributed by atoms with Gasteiger partial charge >= 0.3 is 11.7 Å². The van der Waals surface area contributed by atoms with Crippen LogP contribution in [-0.4, -0.2) is 54.8 Å². The molecule has 0 radical (unpaired) electrons. The van der Waals surface area contributed by atoms with Crippen LogP contribution in [0.1, 0.15) is 38.8 Å². The molecule has 3 aromatic rings. The Hall–Kier alpha value is -3.14. The van der Waals surface area contributed by atoms with E-state index in [0.29, 0.717) is 41.9 Å². The highest BCUT2D eigenvalue weighted by atomic mass is 32.2. The van der Waals surface area contributed by atoms with Crippen molar-refractivity contribution in [1.82, 2.24) is 19.5 Å². The van der Waals surface area contributed by atoms with Gasteiger partial charge in [-0.1, -0.05) is 36.9 Å². The smallest absolute Gasteiger partial charge is 0.347 e. The SMILES string of the molecule is CCC(CSC(C)=O)C(=O)N1CCC[C@H]1C(=O)OCc1cc2c3ccccc3[nH]c(=O)n2n1. The molecule has 174 valence electrons. The standard InChI is InChI=1S/C23H26N4O5S/c1-3-15(13-33-14(2)28)21(29)26-10-6-9-19(26)22(30)32-12-16-11-20-17-7-4-5-8-18(17)24-23(31)27(20)25-16/h4-5,7-8,11,15,19H,3,6,9-10,12-13H2,1-2H3,(H,24,31)/t15?,19-/m0/s1. The lowest BCUT2D eigenvalue weighted by molar-refractivity contribution is -0.155. The molecule has 1 unspecified atom stereocenters. The number of benzene rings is 1. The van der Waals surface area contributed by atoms with Crippen LogP contribution in [0.15, 0.2) is 35.1 Å². The van der Waals surface area contributed by atoms with Crippen LogP contribution < -0.4 is 5.69 Å². The molecule has 1 N–H and O–H groups in total. The number of nitrogens with zero attached hydrogens (tertiary/aromatic N) is 3. The number of amides is 1. The number of aromatic nitrogens is 3. The van der Waals surface area contributed by atoms with Crippen LogP contribution >= 0.6 is 11.8 Å². The summed E-state index contributed by atoms with van der Waals surface area (Å²) in [5.74, 6) is -0.500. The molecule has 1 fully saturated rings. The molecule has 1 aliphatic heterocycles. The summed E-state index contributed by atoms with van der Waals surface area (Å²) in [5.41, 5.74) is 1.41. The van der Waals surface area contributed by atoms with Gasteiger partial charge in [-0.25, -0.2) is 9.59 Å². The maximum Gasteiger partial charge on any atom is 0.347 e. The van der Waals surface area contributed by atoms with E-state index in [1.54, 1.807) is 11.0 Å². The number of nitrogens with one attached hydrogen (secondary N) is 1. The molecule has 2 aromatic heterocycles. The summed E-state index contributed by atoms with van der Waals surface area (Å²) >= 11 is 1.13. The van der Waals surface area contributed by atoms with Crippen LogP contribution in [0, 0.1) is 5.92 Å². The summed E-state index contributed by atoms with van der Waals surface area (Å²) in [4.78, 5) is 53.8. The van der Waals surface area contributed by atoms with Crippen molar-refractivity contribution in [3.05, 3.63) is 46.5 Å². The third kappa shape index (κ3) is 4.80. The van der Waals surface area contributed by atoms with Gasteiger partial charge in [0, 0.05) is 30.5 Å². The van der Waals surface area contributed by atoms with Gasteiger partial charge in [0.05, 0.1) is 11.0 Å². The predicted octanol–water partition coefficient (Wildman–Crippen LogP) is 2.52. The van der Waals surface area contributed by atoms with Crippen molar-refractivity contribution in [3.8, 4) is 0 Å². The van der Waals surface area contributed by atoms with Crippen LogP contribution in [0.25, 0.3) is 16.4 Å². The first-order valence-corrected chi connectivity index (χ1v) is 12.0. The first-order valence-electron chi connectivity index (χ1n) is 11.0. The van der Waals surface area contributed by atoms with Crippen molar-refractivity contribution in [1.29, 1.82) is 0 Å². The molecule has 0 aliphatic carbocycles. The molecule has 10 heteroatoms. The molecule has 4 rings (SSSR count). The van der Waals surface area contributed by atoms with Gasteiger partial charge in [-0.05, 0) is 31.4 Å². The minimum Gasteiger partial charge on any atom is -0.458 e.